The Hall–Kier alpha value is -3.75. The number of carbonyl (C=O) groups is 5. The molecule has 3 aliphatic rings. The number of Topliss-reactive ketones (excluding diaryl/α,β-unsaturated/α-hetero) is 3. The number of nitrogens with one attached hydrogen (secondary N) is 3. The van der Waals surface area contributed by atoms with Gasteiger partial charge in [0, 0.05) is 42.3 Å². The van der Waals surface area contributed by atoms with E-state index >= 15 is 0 Å². The Morgan fingerprint density at radius 3 is 2.32 bits per heavy atom. The van der Waals surface area contributed by atoms with Crippen molar-refractivity contribution in [2.75, 3.05) is 6.54 Å². The van der Waals surface area contributed by atoms with Crippen LogP contribution in [0.3, 0.4) is 0 Å². The molecule has 3 atom stereocenters. The van der Waals surface area contributed by atoms with Crippen LogP contribution in [0.5, 0.6) is 0 Å². The van der Waals surface area contributed by atoms with Crippen LogP contribution >= 0.6 is 0 Å². The maximum absolute atomic E-state index is 14.3. The molecule has 0 spiro atoms. The lowest BCUT2D eigenvalue weighted by atomic mass is 9.73. The van der Waals surface area contributed by atoms with E-state index in [0.717, 1.165) is 31.2 Å². The lowest BCUT2D eigenvalue weighted by Gasteiger charge is -2.34. The molecule has 1 fully saturated rings. The summed E-state index contributed by atoms with van der Waals surface area (Å²) in [5.74, 6) is -1.52. The largest absolute Gasteiger partial charge is 0.378 e. The van der Waals surface area contributed by atoms with Crippen LogP contribution in [-0.2, 0) is 30.4 Å². The van der Waals surface area contributed by atoms with Crippen LogP contribution in [0.2, 0.25) is 0 Å². The van der Waals surface area contributed by atoms with E-state index in [2.05, 4.69) is 16.0 Å². The van der Waals surface area contributed by atoms with Crippen molar-refractivity contribution in [1.29, 1.82) is 0 Å². The van der Waals surface area contributed by atoms with Gasteiger partial charge in [0.05, 0.1) is 13.0 Å². The van der Waals surface area contributed by atoms with Gasteiger partial charge in [-0.2, -0.15) is 0 Å². The van der Waals surface area contributed by atoms with E-state index in [-0.39, 0.29) is 72.0 Å². The van der Waals surface area contributed by atoms with Crippen molar-refractivity contribution in [3.8, 4) is 0 Å². The lowest BCUT2D eigenvalue weighted by molar-refractivity contribution is -0.131. The number of benzene rings is 1. The van der Waals surface area contributed by atoms with Crippen LogP contribution in [0.4, 0.5) is 0 Å². The molecule has 2 aliphatic heterocycles. The standard InChI is InChI=1S/C32H42N4O5/c1-20(2)14-31(16-25(37)18-34-30(41)21(3)23-11-7-8-12-23)29(40)26(19-35-31)32(15-22-9-5-4-6-10-22)28(39)24(17-36-32)13-27(33)38/h4-6,9-10,17,19-21,23,35-36H,7-8,11-16,18H2,1-3H3,(H2,33,38)(H,34,41)/t21-,31-,32-/m0/s1. The Bertz CT molecular complexity index is 1260. The second-order valence-electron chi connectivity index (χ2n) is 12.3. The van der Waals surface area contributed by atoms with Crippen LogP contribution in [-0.4, -0.2) is 46.8 Å². The van der Waals surface area contributed by atoms with Gasteiger partial charge in [0.2, 0.25) is 11.8 Å². The molecule has 2 heterocycles. The second kappa shape index (κ2) is 12.4. The molecule has 1 aliphatic carbocycles. The Labute approximate surface area is 241 Å². The van der Waals surface area contributed by atoms with Gasteiger partial charge in [0.15, 0.2) is 17.3 Å². The first kappa shape index (κ1) is 30.2. The summed E-state index contributed by atoms with van der Waals surface area (Å²) in [5, 5.41) is 9.12. The molecule has 0 radical (unpaired) electrons. The third-order valence-corrected chi connectivity index (χ3v) is 8.72. The van der Waals surface area contributed by atoms with E-state index in [1.807, 2.05) is 51.1 Å². The van der Waals surface area contributed by atoms with Crippen LogP contribution in [0, 0.1) is 17.8 Å². The summed E-state index contributed by atoms with van der Waals surface area (Å²) in [7, 11) is 0. The van der Waals surface area contributed by atoms with E-state index in [4.69, 9.17) is 5.73 Å². The molecule has 4 rings (SSSR count). The Morgan fingerprint density at radius 1 is 1.00 bits per heavy atom. The Balaban J connectivity index is 1.54. The van der Waals surface area contributed by atoms with Crippen molar-refractivity contribution in [3.05, 3.63) is 59.4 Å². The van der Waals surface area contributed by atoms with Crippen molar-refractivity contribution < 1.29 is 24.0 Å². The summed E-state index contributed by atoms with van der Waals surface area (Å²) in [6.45, 7) is 5.69. The smallest absolute Gasteiger partial charge is 0.223 e. The van der Waals surface area contributed by atoms with Crippen molar-refractivity contribution in [2.45, 2.75) is 83.2 Å². The van der Waals surface area contributed by atoms with Crippen molar-refractivity contribution in [2.24, 2.45) is 23.5 Å². The van der Waals surface area contributed by atoms with Crippen LogP contribution < -0.4 is 21.7 Å². The second-order valence-corrected chi connectivity index (χ2v) is 12.3. The van der Waals surface area contributed by atoms with Gasteiger partial charge < -0.3 is 21.7 Å². The topological polar surface area (TPSA) is 147 Å². The fourth-order valence-electron chi connectivity index (χ4n) is 6.65. The fourth-order valence-corrected chi connectivity index (χ4v) is 6.65. The highest BCUT2D eigenvalue weighted by Gasteiger charge is 2.56. The van der Waals surface area contributed by atoms with Crippen molar-refractivity contribution in [1.82, 2.24) is 16.0 Å². The quantitative estimate of drug-likeness (QED) is 0.289. The van der Waals surface area contributed by atoms with Gasteiger partial charge in [-0.1, -0.05) is 63.9 Å². The summed E-state index contributed by atoms with van der Waals surface area (Å²) in [5.41, 5.74) is 3.95. The zero-order valence-corrected chi connectivity index (χ0v) is 24.3. The number of ketones is 3. The third-order valence-electron chi connectivity index (χ3n) is 8.72. The molecule has 2 amide bonds. The molecule has 1 aromatic carbocycles. The van der Waals surface area contributed by atoms with Crippen LogP contribution in [0.15, 0.2) is 53.9 Å². The molecule has 9 nitrogen and oxygen atoms in total. The molecule has 220 valence electrons. The van der Waals surface area contributed by atoms with Crippen molar-refractivity contribution in [3.63, 3.8) is 0 Å². The first-order valence-electron chi connectivity index (χ1n) is 14.6. The normalized spacial score (nSPS) is 25.0. The monoisotopic (exact) mass is 562 g/mol. The summed E-state index contributed by atoms with van der Waals surface area (Å²) >= 11 is 0. The molecule has 0 unspecified atom stereocenters. The summed E-state index contributed by atoms with van der Waals surface area (Å²) in [6, 6.07) is 9.32. The van der Waals surface area contributed by atoms with E-state index in [1.54, 1.807) is 6.20 Å². The highest BCUT2D eigenvalue weighted by Crippen LogP contribution is 2.39. The number of hydrogen-bond donors (Lipinski definition) is 4. The Kier molecular flexibility index (Phi) is 9.14. The molecule has 0 aromatic heterocycles. The zero-order chi connectivity index (χ0) is 29.8. The SMILES string of the molecule is CC(C)C[C@@]1(CC(=O)CNC(=O)[C@@H](C)C2CCCC2)NC=C([C@]2(Cc3ccccc3)NC=C(CC(N)=O)C2=O)C1=O. The maximum atomic E-state index is 14.3. The molecule has 1 aromatic rings. The third kappa shape index (κ3) is 6.44. The molecule has 0 bridgehead atoms. The highest BCUT2D eigenvalue weighted by atomic mass is 16.2. The van der Waals surface area contributed by atoms with Crippen molar-refractivity contribution >= 4 is 29.2 Å². The minimum Gasteiger partial charge on any atom is -0.378 e. The number of nitrogens with two attached hydrogens (primary N) is 1. The number of rotatable bonds is 13. The van der Waals surface area contributed by atoms with E-state index in [1.165, 1.54) is 6.20 Å². The zero-order valence-electron chi connectivity index (χ0n) is 24.3. The molecule has 0 saturated heterocycles. The molecule has 9 heteroatoms. The number of carbonyl (C=O) groups excluding carboxylic acids is 5. The Morgan fingerprint density at radius 2 is 1.68 bits per heavy atom. The van der Waals surface area contributed by atoms with E-state index in [0.29, 0.717) is 12.3 Å². The number of hydrogen-bond acceptors (Lipinski definition) is 7. The fraction of sp³-hybridized carbons (Fsp3) is 0.531. The molecule has 41 heavy (non-hydrogen) atoms. The van der Waals surface area contributed by atoms with Gasteiger partial charge in [-0.25, -0.2) is 0 Å². The van der Waals surface area contributed by atoms with Gasteiger partial charge in [-0.05, 0) is 36.7 Å². The highest BCUT2D eigenvalue weighted by molar-refractivity contribution is 6.19. The molecule has 1 saturated carbocycles. The summed E-state index contributed by atoms with van der Waals surface area (Å²) in [6.07, 6.45) is 7.50. The lowest BCUT2D eigenvalue weighted by Crippen LogP contribution is -2.55. The molecule has 5 N–H and O–H groups in total. The predicted molar refractivity (Wildman–Crippen MR) is 155 cm³/mol. The number of primary amides is 1. The average molecular weight is 563 g/mol. The predicted octanol–water partition coefficient (Wildman–Crippen LogP) is 2.64. The van der Waals surface area contributed by atoms with Gasteiger partial charge >= 0.3 is 0 Å². The number of amides is 2. The first-order valence-corrected chi connectivity index (χ1v) is 14.6. The van der Waals surface area contributed by atoms with Crippen LogP contribution in [0.25, 0.3) is 0 Å². The minimum absolute atomic E-state index is 0.0600. The summed E-state index contributed by atoms with van der Waals surface area (Å²) < 4.78 is 0. The molecular weight excluding hydrogens is 520 g/mol. The average Bonchev–Trinajstić information content (AvgIpc) is 3.64. The van der Waals surface area contributed by atoms with Gasteiger partial charge in [0.1, 0.15) is 11.1 Å². The minimum atomic E-state index is -1.44. The van der Waals surface area contributed by atoms with Crippen LogP contribution in [0.1, 0.15) is 71.3 Å². The maximum Gasteiger partial charge on any atom is 0.223 e. The van der Waals surface area contributed by atoms with Gasteiger partial charge in [0.25, 0.3) is 0 Å². The van der Waals surface area contributed by atoms with E-state index in [9.17, 15) is 24.0 Å². The summed E-state index contributed by atoms with van der Waals surface area (Å²) in [4.78, 5) is 65.8. The van der Waals surface area contributed by atoms with Gasteiger partial charge in [-0.15, -0.1) is 0 Å². The first-order chi connectivity index (χ1) is 19.5. The van der Waals surface area contributed by atoms with Gasteiger partial charge in [-0.3, -0.25) is 24.0 Å². The molecular formula is C32H42N4O5. The van der Waals surface area contributed by atoms with E-state index < -0.39 is 17.0 Å².